The van der Waals surface area contributed by atoms with Crippen LogP contribution >= 0.6 is 0 Å². The summed E-state index contributed by atoms with van der Waals surface area (Å²) < 4.78 is 5.54. The number of hydrogen-bond donors (Lipinski definition) is 2. The van der Waals surface area contributed by atoms with Gasteiger partial charge < -0.3 is 15.6 Å². The Morgan fingerprint density at radius 1 is 0.971 bits per heavy atom. The minimum absolute atomic E-state index is 0.0235. The van der Waals surface area contributed by atoms with Crippen molar-refractivity contribution in [1.82, 2.24) is 5.01 Å². The molecule has 180 valence electrons. The van der Waals surface area contributed by atoms with E-state index in [1.807, 2.05) is 0 Å². The number of carbonyl (C=O) groups excluding carboxylic acids is 3. The zero-order valence-corrected chi connectivity index (χ0v) is 19.1. The molecule has 0 saturated heterocycles. The monoisotopic (exact) mass is 468 g/mol. The molecule has 0 aliphatic rings. The van der Waals surface area contributed by atoms with Crippen molar-refractivity contribution in [2.75, 3.05) is 20.7 Å². The highest BCUT2D eigenvalue weighted by atomic mass is 16.5. The van der Waals surface area contributed by atoms with Gasteiger partial charge in [-0.15, -0.1) is 5.11 Å². The minimum atomic E-state index is -1.14. The Morgan fingerprint density at radius 2 is 1.56 bits per heavy atom. The molecule has 0 aliphatic carbocycles. The summed E-state index contributed by atoms with van der Waals surface area (Å²) in [5, 5.41) is 18.7. The minimum Gasteiger partial charge on any atom is -0.493 e. The van der Waals surface area contributed by atoms with E-state index in [-0.39, 0.29) is 43.9 Å². The standard InChI is InChI=1S/C24H28N4O6/c1-28(2)27-26-19-8-3-16(4-9-19)23(31)17-5-10-21(11-6-17)34-14-13-20(29)15-18(24(32)33)7-12-22(25)30/h3-6,8-11,18H,7,12-15H2,1-2H3,(H2,25,30)(H,32,33)/b27-26+. The largest absolute Gasteiger partial charge is 0.493 e. The van der Waals surface area contributed by atoms with Crippen LogP contribution in [0.1, 0.15) is 41.6 Å². The van der Waals surface area contributed by atoms with Crippen LogP contribution in [-0.2, 0) is 14.4 Å². The van der Waals surface area contributed by atoms with Gasteiger partial charge in [0.1, 0.15) is 11.5 Å². The predicted molar refractivity (Wildman–Crippen MR) is 124 cm³/mol. The first kappa shape index (κ1) is 26.2. The number of aliphatic carboxylic acids is 1. The number of rotatable bonds is 14. The second kappa shape index (κ2) is 12.8. The van der Waals surface area contributed by atoms with Crippen molar-refractivity contribution < 1.29 is 29.0 Å². The molecule has 0 saturated carbocycles. The first-order valence-electron chi connectivity index (χ1n) is 10.6. The van der Waals surface area contributed by atoms with Crippen molar-refractivity contribution in [3.05, 3.63) is 59.7 Å². The van der Waals surface area contributed by atoms with Crippen molar-refractivity contribution in [3.8, 4) is 5.75 Å². The number of amides is 1. The van der Waals surface area contributed by atoms with Gasteiger partial charge in [-0.3, -0.25) is 24.2 Å². The van der Waals surface area contributed by atoms with E-state index in [4.69, 9.17) is 10.5 Å². The van der Waals surface area contributed by atoms with Gasteiger partial charge in [-0.1, -0.05) is 5.22 Å². The maximum absolute atomic E-state index is 12.7. The van der Waals surface area contributed by atoms with Gasteiger partial charge in [-0.2, -0.15) is 0 Å². The lowest BCUT2D eigenvalue weighted by molar-refractivity contribution is -0.144. The fourth-order valence-corrected chi connectivity index (χ4v) is 2.98. The molecule has 1 unspecified atom stereocenters. The zero-order chi connectivity index (χ0) is 25.1. The van der Waals surface area contributed by atoms with E-state index in [1.54, 1.807) is 67.6 Å². The predicted octanol–water partition coefficient (Wildman–Crippen LogP) is 3.17. The fraction of sp³-hybridized carbons (Fsp3) is 0.333. The van der Waals surface area contributed by atoms with Crippen molar-refractivity contribution >= 4 is 29.1 Å². The quantitative estimate of drug-likeness (QED) is 0.245. The van der Waals surface area contributed by atoms with Gasteiger partial charge >= 0.3 is 5.97 Å². The number of primary amides is 1. The highest BCUT2D eigenvalue weighted by Crippen LogP contribution is 2.19. The van der Waals surface area contributed by atoms with Crippen LogP contribution in [0.2, 0.25) is 0 Å². The zero-order valence-electron chi connectivity index (χ0n) is 19.1. The topological polar surface area (TPSA) is 152 Å². The third-order valence-electron chi connectivity index (χ3n) is 4.80. The normalized spacial score (nSPS) is 11.7. The Hall–Kier alpha value is -4.08. The van der Waals surface area contributed by atoms with E-state index in [9.17, 15) is 24.3 Å². The van der Waals surface area contributed by atoms with E-state index in [0.717, 1.165) is 0 Å². The molecule has 2 aromatic rings. The summed E-state index contributed by atoms with van der Waals surface area (Å²) in [5.74, 6) is -2.65. The third-order valence-corrected chi connectivity index (χ3v) is 4.80. The number of ketones is 2. The Balaban J connectivity index is 1.85. The van der Waals surface area contributed by atoms with Crippen molar-refractivity contribution in [3.63, 3.8) is 0 Å². The molecule has 2 rings (SSSR count). The van der Waals surface area contributed by atoms with E-state index in [0.29, 0.717) is 22.6 Å². The maximum Gasteiger partial charge on any atom is 0.306 e. The van der Waals surface area contributed by atoms with Gasteiger partial charge in [-0.25, -0.2) is 0 Å². The van der Waals surface area contributed by atoms with Crippen molar-refractivity contribution in [2.24, 2.45) is 22.0 Å². The molecule has 0 aromatic heterocycles. The summed E-state index contributed by atoms with van der Waals surface area (Å²) in [6, 6.07) is 13.3. The van der Waals surface area contributed by atoms with Gasteiger partial charge in [0.2, 0.25) is 5.91 Å². The lowest BCUT2D eigenvalue weighted by Gasteiger charge is -2.11. The van der Waals surface area contributed by atoms with E-state index in [1.165, 1.54) is 0 Å². The summed E-state index contributed by atoms with van der Waals surface area (Å²) in [7, 11) is 3.52. The molecular weight excluding hydrogens is 440 g/mol. The van der Waals surface area contributed by atoms with Gasteiger partial charge in [0.05, 0.1) is 18.2 Å². The first-order chi connectivity index (χ1) is 16.2. The SMILES string of the molecule is CN(C)/N=N/c1ccc(C(=O)c2ccc(OCCC(=O)CC(CCC(N)=O)C(=O)O)cc2)cc1. The van der Waals surface area contributed by atoms with Crippen LogP contribution < -0.4 is 10.5 Å². The molecule has 0 heterocycles. The summed E-state index contributed by atoms with van der Waals surface area (Å²) in [5.41, 5.74) is 6.65. The number of ether oxygens (including phenoxy) is 1. The maximum atomic E-state index is 12.7. The Morgan fingerprint density at radius 3 is 2.09 bits per heavy atom. The van der Waals surface area contributed by atoms with E-state index < -0.39 is 17.8 Å². The first-order valence-corrected chi connectivity index (χ1v) is 10.6. The van der Waals surface area contributed by atoms with Crippen LogP contribution in [0.3, 0.4) is 0 Å². The molecule has 1 amide bonds. The smallest absolute Gasteiger partial charge is 0.306 e. The summed E-state index contributed by atoms with van der Waals surface area (Å²) in [6.45, 7) is 0.0667. The van der Waals surface area contributed by atoms with E-state index >= 15 is 0 Å². The number of nitrogens with zero attached hydrogens (tertiary/aromatic N) is 3. The number of Topliss-reactive ketones (excluding diaryl/α,β-unsaturated/α-hetero) is 1. The molecule has 10 heteroatoms. The highest BCUT2D eigenvalue weighted by molar-refractivity contribution is 6.09. The van der Waals surface area contributed by atoms with Gasteiger partial charge in [-0.05, 0) is 55.0 Å². The van der Waals surface area contributed by atoms with Gasteiger partial charge in [0, 0.05) is 44.5 Å². The number of nitrogens with two attached hydrogens (primary N) is 1. The summed E-state index contributed by atoms with van der Waals surface area (Å²) in [4.78, 5) is 46.8. The summed E-state index contributed by atoms with van der Waals surface area (Å²) >= 11 is 0. The number of benzene rings is 2. The lowest BCUT2D eigenvalue weighted by Crippen LogP contribution is -2.21. The Labute approximate surface area is 197 Å². The molecular formula is C24H28N4O6. The molecule has 0 fully saturated rings. The van der Waals surface area contributed by atoms with Crippen LogP contribution in [-0.4, -0.2) is 54.3 Å². The average molecular weight is 469 g/mol. The van der Waals surface area contributed by atoms with Crippen molar-refractivity contribution in [1.29, 1.82) is 0 Å². The molecule has 0 bridgehead atoms. The van der Waals surface area contributed by atoms with Gasteiger partial charge in [0.15, 0.2) is 5.78 Å². The summed E-state index contributed by atoms with van der Waals surface area (Å²) in [6.07, 6.45) is -0.222. The number of carboxylic acid groups (broad SMARTS) is 1. The van der Waals surface area contributed by atoms with Crippen LogP contribution in [0.4, 0.5) is 5.69 Å². The van der Waals surface area contributed by atoms with Crippen LogP contribution in [0, 0.1) is 5.92 Å². The Kier molecular flexibility index (Phi) is 9.88. The third kappa shape index (κ3) is 8.81. The molecule has 0 aliphatic heterocycles. The molecule has 0 radical (unpaired) electrons. The van der Waals surface area contributed by atoms with Crippen molar-refractivity contribution in [2.45, 2.75) is 25.7 Å². The molecule has 3 N–H and O–H groups in total. The van der Waals surface area contributed by atoms with Crippen LogP contribution in [0.5, 0.6) is 5.75 Å². The molecule has 1 atom stereocenters. The second-order valence-electron chi connectivity index (χ2n) is 7.82. The van der Waals surface area contributed by atoms with Crippen LogP contribution in [0.25, 0.3) is 0 Å². The number of carboxylic acids is 1. The fourth-order valence-electron chi connectivity index (χ4n) is 2.98. The molecule has 0 spiro atoms. The lowest BCUT2D eigenvalue weighted by atomic mass is 9.96. The number of hydrogen-bond acceptors (Lipinski definition) is 7. The Bertz CT molecular complexity index is 1030. The second-order valence-corrected chi connectivity index (χ2v) is 7.82. The molecule has 34 heavy (non-hydrogen) atoms. The van der Waals surface area contributed by atoms with E-state index in [2.05, 4.69) is 10.3 Å². The number of carbonyl (C=O) groups is 4. The van der Waals surface area contributed by atoms with Crippen LogP contribution in [0.15, 0.2) is 58.9 Å². The average Bonchev–Trinajstić information content (AvgIpc) is 2.80. The highest BCUT2D eigenvalue weighted by Gasteiger charge is 2.21. The molecule has 10 nitrogen and oxygen atoms in total. The van der Waals surface area contributed by atoms with Gasteiger partial charge in [0.25, 0.3) is 0 Å². The molecule has 2 aromatic carbocycles.